The third kappa shape index (κ3) is 3.37. The maximum atomic E-state index is 13.7. The van der Waals surface area contributed by atoms with Gasteiger partial charge in [-0.15, -0.1) is 0 Å². The zero-order valence-corrected chi connectivity index (χ0v) is 20.0. The minimum absolute atomic E-state index is 0.198. The number of aromatic nitrogens is 2. The highest BCUT2D eigenvalue weighted by Gasteiger charge is 2.42. The van der Waals surface area contributed by atoms with E-state index < -0.39 is 23.1 Å². The number of fused-ring (bicyclic) bond motifs is 3. The van der Waals surface area contributed by atoms with Gasteiger partial charge in [-0.3, -0.25) is 18.7 Å². The Morgan fingerprint density at radius 3 is 2.30 bits per heavy atom. The highest BCUT2D eigenvalue weighted by Crippen LogP contribution is 2.48. The smallest absolute Gasteiger partial charge is 0.343 e. The largest absolute Gasteiger partial charge is 0.423 e. The van der Waals surface area contributed by atoms with Gasteiger partial charge in [0.25, 0.3) is 5.56 Å². The molecular weight excluding hydrogens is 470 g/mol. The number of nitrogens with one attached hydrogen (secondary N) is 1. The van der Waals surface area contributed by atoms with E-state index in [9.17, 15) is 19.2 Å². The second kappa shape index (κ2) is 8.30. The van der Waals surface area contributed by atoms with Gasteiger partial charge in [0.15, 0.2) is 5.78 Å². The summed E-state index contributed by atoms with van der Waals surface area (Å²) in [4.78, 5) is 52.6. The molecule has 2 aliphatic rings. The number of Topliss-reactive ketones (excluding diaryl/α,β-unsaturated/α-hetero) is 1. The first-order valence-corrected chi connectivity index (χ1v) is 11.7. The monoisotopic (exact) mass is 491 g/mol. The molecule has 182 valence electrons. The zero-order chi connectivity index (χ0) is 25.8. The highest BCUT2D eigenvalue weighted by molar-refractivity contribution is 6.23. The van der Waals surface area contributed by atoms with Gasteiger partial charge in [0.2, 0.25) is 0 Å². The van der Waals surface area contributed by atoms with Crippen LogP contribution in [-0.4, -0.2) is 20.9 Å². The number of carbonyl (C=O) groups is 2. The van der Waals surface area contributed by atoms with Crippen LogP contribution < -0.4 is 21.3 Å². The number of ether oxygens (including phenoxy) is 1. The number of carbonyl (C=O) groups excluding carboxylic acids is 2. The Bertz CT molecular complexity index is 1780. The number of hydrogen-bond donors (Lipinski definition) is 1. The Labute approximate surface area is 211 Å². The molecule has 2 heterocycles. The summed E-state index contributed by atoms with van der Waals surface area (Å²) in [6.45, 7) is 0. The number of rotatable bonds is 3. The number of benzene rings is 3. The lowest BCUT2D eigenvalue weighted by Gasteiger charge is -2.29. The third-order valence-corrected chi connectivity index (χ3v) is 6.89. The van der Waals surface area contributed by atoms with E-state index in [1.165, 1.54) is 11.6 Å². The molecule has 8 heteroatoms. The van der Waals surface area contributed by atoms with Gasteiger partial charge in [-0.25, -0.2) is 9.59 Å². The molecule has 3 aromatic carbocycles. The van der Waals surface area contributed by atoms with Gasteiger partial charge in [0.05, 0.1) is 16.8 Å². The quantitative estimate of drug-likeness (QED) is 0.348. The molecule has 1 atom stereocenters. The fraction of sp³-hybridized carbons (Fsp3) is 0.103. The van der Waals surface area contributed by atoms with Crippen LogP contribution in [0.4, 0.5) is 5.82 Å². The summed E-state index contributed by atoms with van der Waals surface area (Å²) >= 11 is 0. The molecule has 8 nitrogen and oxygen atoms in total. The van der Waals surface area contributed by atoms with Crippen molar-refractivity contribution in [1.29, 1.82) is 0 Å². The molecule has 37 heavy (non-hydrogen) atoms. The Morgan fingerprint density at radius 2 is 1.54 bits per heavy atom. The molecule has 0 spiro atoms. The van der Waals surface area contributed by atoms with Crippen LogP contribution in [0.15, 0.2) is 94.0 Å². The van der Waals surface area contributed by atoms with Crippen LogP contribution >= 0.6 is 0 Å². The fourth-order valence-electron chi connectivity index (χ4n) is 5.09. The summed E-state index contributed by atoms with van der Waals surface area (Å²) in [5.74, 6) is -0.902. The van der Waals surface area contributed by atoms with Crippen LogP contribution in [0.2, 0.25) is 0 Å². The molecule has 1 aliphatic carbocycles. The molecule has 4 aromatic rings. The van der Waals surface area contributed by atoms with Crippen LogP contribution in [-0.2, 0) is 14.1 Å². The predicted octanol–water partition coefficient (Wildman–Crippen LogP) is 3.47. The Kier molecular flexibility index (Phi) is 5.05. The van der Waals surface area contributed by atoms with E-state index in [-0.39, 0.29) is 17.1 Å². The average Bonchev–Trinajstić information content (AvgIpc) is 3.21. The second-order valence-corrected chi connectivity index (χ2v) is 9.02. The molecule has 1 aliphatic heterocycles. The van der Waals surface area contributed by atoms with E-state index in [2.05, 4.69) is 5.32 Å². The summed E-state index contributed by atoms with van der Waals surface area (Å²) < 4.78 is 8.03. The van der Waals surface area contributed by atoms with E-state index >= 15 is 0 Å². The van der Waals surface area contributed by atoms with E-state index in [0.717, 1.165) is 4.57 Å². The summed E-state index contributed by atoms with van der Waals surface area (Å²) in [7, 11) is 2.99. The van der Waals surface area contributed by atoms with Gasteiger partial charge in [0, 0.05) is 36.7 Å². The third-order valence-electron chi connectivity index (χ3n) is 6.89. The number of hydrogen-bond acceptors (Lipinski definition) is 6. The Morgan fingerprint density at radius 1 is 0.838 bits per heavy atom. The van der Waals surface area contributed by atoms with Crippen molar-refractivity contribution in [3.63, 3.8) is 0 Å². The zero-order valence-electron chi connectivity index (χ0n) is 20.0. The van der Waals surface area contributed by atoms with Gasteiger partial charge < -0.3 is 10.1 Å². The molecule has 6 rings (SSSR count). The lowest BCUT2D eigenvalue weighted by Crippen LogP contribution is -2.42. The molecule has 0 unspecified atom stereocenters. The lowest BCUT2D eigenvalue weighted by atomic mass is 9.81. The van der Waals surface area contributed by atoms with Crippen molar-refractivity contribution in [2.45, 2.75) is 5.92 Å². The van der Waals surface area contributed by atoms with Crippen molar-refractivity contribution in [2.24, 2.45) is 14.1 Å². The second-order valence-electron chi connectivity index (χ2n) is 9.02. The summed E-state index contributed by atoms with van der Waals surface area (Å²) in [5, 5.41) is 3.21. The molecule has 0 radical (unpaired) electrons. The van der Waals surface area contributed by atoms with Crippen LogP contribution in [0.3, 0.4) is 0 Å². The maximum Gasteiger partial charge on any atom is 0.343 e. The molecule has 1 N–H and O–H groups in total. The van der Waals surface area contributed by atoms with Crippen LogP contribution in [0.5, 0.6) is 5.75 Å². The number of anilines is 1. The van der Waals surface area contributed by atoms with Crippen LogP contribution in [0, 0.1) is 0 Å². The van der Waals surface area contributed by atoms with Gasteiger partial charge >= 0.3 is 11.7 Å². The van der Waals surface area contributed by atoms with Crippen molar-refractivity contribution >= 4 is 23.3 Å². The van der Waals surface area contributed by atoms with Gasteiger partial charge in [-0.2, -0.15) is 0 Å². The van der Waals surface area contributed by atoms with E-state index in [1.807, 2.05) is 18.2 Å². The minimum atomic E-state index is -0.785. The fourth-order valence-corrected chi connectivity index (χ4v) is 5.09. The average molecular weight is 492 g/mol. The standard InChI is InChI=1S/C29H21N3O5/c1-31-26-23(27(34)32(2)29(31)36)21(22-24(30-26)19-13-6-7-14-20(19)25(22)33)17-11-8-12-18(15-17)37-28(35)16-9-4-3-5-10-16/h3-15,21,30H,1-2H3/t21-/m1/s1. The molecule has 0 saturated carbocycles. The molecule has 0 fully saturated rings. The van der Waals surface area contributed by atoms with Crippen LogP contribution in [0.1, 0.15) is 43.3 Å². The summed E-state index contributed by atoms with van der Waals surface area (Å²) in [5.41, 5.74) is 2.48. The number of ketones is 1. The van der Waals surface area contributed by atoms with Crippen molar-refractivity contribution in [1.82, 2.24) is 9.13 Å². The molecule has 1 aromatic heterocycles. The first-order valence-electron chi connectivity index (χ1n) is 11.7. The van der Waals surface area contributed by atoms with E-state index in [0.29, 0.717) is 39.3 Å². The van der Waals surface area contributed by atoms with E-state index in [1.54, 1.807) is 67.7 Å². The van der Waals surface area contributed by atoms with Gasteiger partial charge in [-0.1, -0.05) is 54.6 Å². The normalized spacial score (nSPS) is 15.5. The van der Waals surface area contributed by atoms with Gasteiger partial charge in [-0.05, 0) is 29.8 Å². The molecule has 0 amide bonds. The van der Waals surface area contributed by atoms with Gasteiger partial charge in [0.1, 0.15) is 11.6 Å². The molecular formula is C29H21N3O5. The van der Waals surface area contributed by atoms with E-state index in [4.69, 9.17) is 4.74 Å². The predicted molar refractivity (Wildman–Crippen MR) is 138 cm³/mol. The Hall–Kier alpha value is -4.98. The van der Waals surface area contributed by atoms with Crippen molar-refractivity contribution in [3.05, 3.63) is 133 Å². The van der Waals surface area contributed by atoms with Crippen molar-refractivity contribution < 1.29 is 14.3 Å². The first-order chi connectivity index (χ1) is 17.9. The SMILES string of the molecule is Cn1c2c(c(=O)n(C)c1=O)[C@H](c1cccc(OC(=O)c3ccccc3)c1)C1=C(N2)c2ccccc2C1=O. The molecule has 0 bridgehead atoms. The van der Waals surface area contributed by atoms with Crippen molar-refractivity contribution in [2.75, 3.05) is 5.32 Å². The lowest BCUT2D eigenvalue weighted by molar-refractivity contribution is 0.0734. The van der Waals surface area contributed by atoms with Crippen molar-refractivity contribution in [3.8, 4) is 5.75 Å². The Balaban J connectivity index is 1.54. The molecule has 0 saturated heterocycles. The maximum absolute atomic E-state index is 13.7. The summed E-state index contributed by atoms with van der Waals surface area (Å²) in [6.07, 6.45) is 0. The first kappa shape index (κ1) is 22.5. The number of nitrogens with zero attached hydrogens (tertiary/aromatic N) is 2. The summed E-state index contributed by atoms with van der Waals surface area (Å²) in [6, 6.07) is 22.6. The number of allylic oxidation sites excluding steroid dienone is 1. The minimum Gasteiger partial charge on any atom is -0.423 e. The number of esters is 1. The topological polar surface area (TPSA) is 99.4 Å². The highest BCUT2D eigenvalue weighted by atomic mass is 16.5. The van der Waals surface area contributed by atoms with Crippen LogP contribution in [0.25, 0.3) is 5.70 Å².